The number of hydrogen-bond acceptors (Lipinski definition) is 4. The smallest absolute Gasteiger partial charge is 0.322 e. The molecule has 0 aromatic rings. The van der Waals surface area contributed by atoms with Crippen molar-refractivity contribution in [3.63, 3.8) is 0 Å². The zero-order valence-corrected chi connectivity index (χ0v) is 9.51. The van der Waals surface area contributed by atoms with Gasteiger partial charge in [0.2, 0.25) is 11.8 Å². The van der Waals surface area contributed by atoms with Crippen LogP contribution in [0.1, 0.15) is 25.7 Å². The van der Waals surface area contributed by atoms with E-state index in [1.807, 2.05) is 0 Å². The molecule has 0 aliphatic heterocycles. The van der Waals surface area contributed by atoms with E-state index in [2.05, 4.69) is 0 Å². The molecule has 100 valence electrons. The standard InChI is InChI=1S/C10H14N2O6/c11-5(13)9(6(12)14)3-1-2-4-10(9,7(15)16)8(17)18/h1-4H2,(H2,11,13)(H2,12,14)(H,15,16)(H,17,18). The lowest BCUT2D eigenvalue weighted by Crippen LogP contribution is -2.65. The van der Waals surface area contributed by atoms with Gasteiger partial charge in [-0.2, -0.15) is 0 Å². The monoisotopic (exact) mass is 258 g/mol. The minimum Gasteiger partial charge on any atom is -0.480 e. The van der Waals surface area contributed by atoms with Crippen molar-refractivity contribution in [3.05, 3.63) is 0 Å². The molecule has 2 amide bonds. The number of primary amides is 2. The van der Waals surface area contributed by atoms with Gasteiger partial charge in [0.1, 0.15) is 0 Å². The molecule has 0 saturated heterocycles. The highest BCUT2D eigenvalue weighted by Crippen LogP contribution is 2.51. The van der Waals surface area contributed by atoms with Gasteiger partial charge in [0.25, 0.3) is 0 Å². The van der Waals surface area contributed by atoms with Gasteiger partial charge in [-0.25, -0.2) is 0 Å². The van der Waals surface area contributed by atoms with Crippen LogP contribution in [0, 0.1) is 10.8 Å². The van der Waals surface area contributed by atoms with E-state index in [0.29, 0.717) is 6.42 Å². The first-order chi connectivity index (χ1) is 8.23. The van der Waals surface area contributed by atoms with Crippen molar-refractivity contribution in [2.75, 3.05) is 0 Å². The number of carboxylic acid groups (broad SMARTS) is 2. The van der Waals surface area contributed by atoms with Gasteiger partial charge in [-0.1, -0.05) is 12.8 Å². The van der Waals surface area contributed by atoms with E-state index in [4.69, 9.17) is 11.5 Å². The van der Waals surface area contributed by atoms with Crippen LogP contribution in [0.15, 0.2) is 0 Å². The molecule has 0 radical (unpaired) electrons. The molecule has 8 heteroatoms. The van der Waals surface area contributed by atoms with Crippen LogP contribution in [-0.2, 0) is 19.2 Å². The molecule has 6 N–H and O–H groups in total. The van der Waals surface area contributed by atoms with Crippen LogP contribution in [0.4, 0.5) is 0 Å². The summed E-state index contributed by atoms with van der Waals surface area (Å²) in [7, 11) is 0. The van der Waals surface area contributed by atoms with Crippen molar-refractivity contribution in [1.29, 1.82) is 0 Å². The molecule has 1 aliphatic carbocycles. The molecule has 0 bridgehead atoms. The quantitative estimate of drug-likeness (QED) is 0.457. The number of nitrogens with two attached hydrogens (primary N) is 2. The first kappa shape index (κ1) is 13.9. The summed E-state index contributed by atoms with van der Waals surface area (Å²) in [5.41, 5.74) is 5.21. The second-order valence-corrected chi connectivity index (χ2v) is 4.36. The Morgan fingerprint density at radius 3 is 1.33 bits per heavy atom. The van der Waals surface area contributed by atoms with Crippen LogP contribution in [0.3, 0.4) is 0 Å². The van der Waals surface area contributed by atoms with E-state index in [0.717, 1.165) is 0 Å². The third-order valence-electron chi connectivity index (χ3n) is 3.65. The number of hydrogen-bond donors (Lipinski definition) is 4. The van der Waals surface area contributed by atoms with E-state index in [1.54, 1.807) is 0 Å². The molecule has 1 fully saturated rings. The number of carbonyl (C=O) groups excluding carboxylic acids is 2. The molecule has 0 aromatic heterocycles. The summed E-state index contributed by atoms with van der Waals surface area (Å²) >= 11 is 0. The second kappa shape index (κ2) is 4.28. The first-order valence-corrected chi connectivity index (χ1v) is 5.30. The Bertz CT molecular complexity index is 362. The summed E-state index contributed by atoms with van der Waals surface area (Å²) in [6.07, 6.45) is -0.0467. The minimum atomic E-state index is -2.58. The predicted molar refractivity (Wildman–Crippen MR) is 57.0 cm³/mol. The summed E-state index contributed by atoms with van der Waals surface area (Å²) in [4.78, 5) is 45.8. The van der Waals surface area contributed by atoms with Crippen molar-refractivity contribution in [2.24, 2.45) is 22.3 Å². The number of aliphatic carboxylic acids is 2. The molecule has 0 heterocycles. The van der Waals surface area contributed by atoms with E-state index in [9.17, 15) is 29.4 Å². The van der Waals surface area contributed by atoms with Crippen molar-refractivity contribution >= 4 is 23.8 Å². The molecule has 8 nitrogen and oxygen atoms in total. The maximum atomic E-state index is 11.5. The van der Waals surface area contributed by atoms with Crippen LogP contribution < -0.4 is 11.5 Å². The summed E-state index contributed by atoms with van der Waals surface area (Å²) in [5.74, 6) is -6.15. The molecule has 0 aromatic carbocycles. The third kappa shape index (κ3) is 1.45. The van der Waals surface area contributed by atoms with Crippen LogP contribution >= 0.6 is 0 Å². The fourth-order valence-corrected chi connectivity index (χ4v) is 2.67. The highest BCUT2D eigenvalue weighted by atomic mass is 16.4. The Labute approximate surface area is 102 Å². The van der Waals surface area contributed by atoms with Gasteiger partial charge in [-0.15, -0.1) is 0 Å². The fraction of sp³-hybridized carbons (Fsp3) is 0.600. The Morgan fingerprint density at radius 1 is 0.778 bits per heavy atom. The molecule has 0 atom stereocenters. The Kier molecular flexibility index (Phi) is 3.32. The predicted octanol–water partition coefficient (Wildman–Crippen LogP) is -1.33. The largest absolute Gasteiger partial charge is 0.480 e. The van der Waals surface area contributed by atoms with E-state index in [1.165, 1.54) is 0 Å². The molecule has 1 saturated carbocycles. The lowest BCUT2D eigenvalue weighted by molar-refractivity contribution is -0.187. The summed E-state index contributed by atoms with van der Waals surface area (Å²) in [6.45, 7) is 0. The van der Waals surface area contributed by atoms with Gasteiger partial charge >= 0.3 is 11.9 Å². The van der Waals surface area contributed by atoms with Crippen molar-refractivity contribution in [1.82, 2.24) is 0 Å². The van der Waals surface area contributed by atoms with E-state index in [-0.39, 0.29) is 19.3 Å². The second-order valence-electron chi connectivity index (χ2n) is 4.36. The number of rotatable bonds is 4. The van der Waals surface area contributed by atoms with Gasteiger partial charge in [0.15, 0.2) is 10.8 Å². The van der Waals surface area contributed by atoms with Crippen molar-refractivity contribution in [3.8, 4) is 0 Å². The maximum Gasteiger partial charge on any atom is 0.322 e. The Morgan fingerprint density at radius 2 is 1.11 bits per heavy atom. The van der Waals surface area contributed by atoms with E-state index >= 15 is 0 Å². The lowest BCUT2D eigenvalue weighted by Gasteiger charge is -2.43. The number of carboxylic acids is 2. The molecule has 0 spiro atoms. The van der Waals surface area contributed by atoms with Crippen molar-refractivity contribution in [2.45, 2.75) is 25.7 Å². The number of amides is 2. The molecular weight excluding hydrogens is 244 g/mol. The normalized spacial score (nSPS) is 20.9. The van der Waals surface area contributed by atoms with Crippen LogP contribution in [0.25, 0.3) is 0 Å². The topological polar surface area (TPSA) is 161 Å². The molecule has 1 aliphatic rings. The summed E-state index contributed by atoms with van der Waals surface area (Å²) in [5, 5.41) is 18.4. The third-order valence-corrected chi connectivity index (χ3v) is 3.65. The average Bonchev–Trinajstić information content (AvgIpc) is 2.27. The van der Waals surface area contributed by atoms with Crippen LogP contribution in [0.5, 0.6) is 0 Å². The molecule has 18 heavy (non-hydrogen) atoms. The van der Waals surface area contributed by atoms with Crippen LogP contribution in [-0.4, -0.2) is 34.0 Å². The summed E-state index contributed by atoms with van der Waals surface area (Å²) < 4.78 is 0. The lowest BCUT2D eigenvalue weighted by atomic mass is 9.54. The number of carbonyl (C=O) groups is 4. The summed E-state index contributed by atoms with van der Waals surface area (Å²) in [6, 6.07) is 0. The SMILES string of the molecule is NC(=O)C1(C(N)=O)CCCCC1(C(=O)O)C(=O)O. The molecular formula is C10H14N2O6. The van der Waals surface area contributed by atoms with Gasteiger partial charge < -0.3 is 21.7 Å². The zero-order chi connectivity index (χ0) is 14.1. The maximum absolute atomic E-state index is 11.5. The zero-order valence-electron chi connectivity index (χ0n) is 9.51. The molecule has 0 unspecified atom stereocenters. The van der Waals surface area contributed by atoms with E-state index < -0.39 is 34.6 Å². The first-order valence-electron chi connectivity index (χ1n) is 5.30. The van der Waals surface area contributed by atoms with Gasteiger partial charge in [0, 0.05) is 0 Å². The Balaban J connectivity index is 3.61. The van der Waals surface area contributed by atoms with Gasteiger partial charge in [-0.05, 0) is 12.8 Å². The van der Waals surface area contributed by atoms with Gasteiger partial charge in [0.05, 0.1) is 0 Å². The van der Waals surface area contributed by atoms with Crippen LogP contribution in [0.2, 0.25) is 0 Å². The van der Waals surface area contributed by atoms with Crippen molar-refractivity contribution < 1.29 is 29.4 Å². The minimum absolute atomic E-state index is 0.265. The fourth-order valence-electron chi connectivity index (χ4n) is 2.67. The molecule has 1 rings (SSSR count). The Hall–Kier alpha value is -2.12. The highest BCUT2D eigenvalue weighted by Gasteiger charge is 2.69. The van der Waals surface area contributed by atoms with Gasteiger partial charge in [-0.3, -0.25) is 19.2 Å². The highest BCUT2D eigenvalue weighted by molar-refractivity contribution is 6.15. The average molecular weight is 258 g/mol.